The van der Waals surface area contributed by atoms with Gasteiger partial charge in [-0.05, 0) is 62.3 Å². The number of rotatable bonds is 6. The van der Waals surface area contributed by atoms with E-state index in [0.29, 0.717) is 0 Å². The van der Waals surface area contributed by atoms with Gasteiger partial charge in [-0.25, -0.2) is 0 Å². The predicted octanol–water partition coefficient (Wildman–Crippen LogP) is 4.91. The zero-order valence-electron chi connectivity index (χ0n) is 12.8. The van der Waals surface area contributed by atoms with Gasteiger partial charge in [0.05, 0.1) is 0 Å². The van der Waals surface area contributed by atoms with Gasteiger partial charge in [0.1, 0.15) is 11.5 Å². The molecule has 2 aromatic rings. The number of nitrogens with zero attached hydrogens (tertiary/aromatic N) is 1. The van der Waals surface area contributed by atoms with Gasteiger partial charge in [-0.2, -0.15) is 0 Å². The largest absolute Gasteiger partial charge is 0.457 e. The molecule has 0 spiro atoms. The standard InChI is InChI=1S/C18H21NOS/c1-5-14-6-11-18(15(12-14)13-19(2)3)20-16-7-9-17(21-4)10-8-16/h5-12H,1,13H2,2-4H3. The van der Waals surface area contributed by atoms with Gasteiger partial charge in [0.15, 0.2) is 0 Å². The van der Waals surface area contributed by atoms with E-state index in [-0.39, 0.29) is 0 Å². The molecule has 0 aliphatic rings. The lowest BCUT2D eigenvalue weighted by molar-refractivity contribution is 0.388. The number of thioether (sulfide) groups is 1. The van der Waals surface area contributed by atoms with Crippen LogP contribution in [0.2, 0.25) is 0 Å². The summed E-state index contributed by atoms with van der Waals surface area (Å²) in [6.07, 6.45) is 3.93. The second kappa shape index (κ2) is 7.34. The fraction of sp³-hybridized carbons (Fsp3) is 0.222. The van der Waals surface area contributed by atoms with Crippen molar-refractivity contribution in [2.24, 2.45) is 0 Å². The molecule has 0 bridgehead atoms. The van der Waals surface area contributed by atoms with E-state index in [4.69, 9.17) is 4.74 Å². The first-order valence-electron chi connectivity index (χ1n) is 6.84. The van der Waals surface area contributed by atoms with Crippen molar-refractivity contribution in [3.63, 3.8) is 0 Å². The second-order valence-corrected chi connectivity index (χ2v) is 5.97. The Kier molecular flexibility index (Phi) is 5.48. The molecule has 0 aromatic heterocycles. The van der Waals surface area contributed by atoms with Crippen molar-refractivity contribution in [1.29, 1.82) is 0 Å². The Balaban J connectivity index is 2.26. The van der Waals surface area contributed by atoms with E-state index in [1.165, 1.54) is 4.90 Å². The Morgan fingerprint density at radius 2 is 1.86 bits per heavy atom. The molecule has 110 valence electrons. The highest BCUT2D eigenvalue weighted by molar-refractivity contribution is 7.98. The zero-order valence-corrected chi connectivity index (χ0v) is 13.6. The van der Waals surface area contributed by atoms with Gasteiger partial charge >= 0.3 is 0 Å². The molecule has 3 heteroatoms. The van der Waals surface area contributed by atoms with Gasteiger partial charge in [0.25, 0.3) is 0 Å². The quantitative estimate of drug-likeness (QED) is 0.704. The first-order chi connectivity index (χ1) is 10.1. The lowest BCUT2D eigenvalue weighted by Gasteiger charge is -2.16. The number of hydrogen-bond acceptors (Lipinski definition) is 3. The summed E-state index contributed by atoms with van der Waals surface area (Å²) >= 11 is 1.73. The van der Waals surface area contributed by atoms with Gasteiger partial charge in [-0.3, -0.25) is 0 Å². The third kappa shape index (κ3) is 4.38. The lowest BCUT2D eigenvalue weighted by Crippen LogP contribution is -2.11. The molecule has 0 amide bonds. The summed E-state index contributed by atoms with van der Waals surface area (Å²) in [4.78, 5) is 3.36. The topological polar surface area (TPSA) is 12.5 Å². The third-order valence-corrected chi connectivity index (χ3v) is 3.84. The normalized spacial score (nSPS) is 10.7. The minimum Gasteiger partial charge on any atom is -0.457 e. The van der Waals surface area contributed by atoms with Crippen molar-refractivity contribution >= 4 is 17.8 Å². The molecule has 0 saturated carbocycles. The molecule has 0 N–H and O–H groups in total. The maximum atomic E-state index is 6.04. The molecular formula is C18H21NOS. The van der Waals surface area contributed by atoms with Crippen LogP contribution in [-0.4, -0.2) is 25.3 Å². The van der Waals surface area contributed by atoms with Gasteiger partial charge in [-0.15, -0.1) is 11.8 Å². The summed E-state index contributed by atoms with van der Waals surface area (Å²) in [7, 11) is 4.11. The van der Waals surface area contributed by atoms with E-state index in [1.807, 2.05) is 30.3 Å². The van der Waals surface area contributed by atoms with E-state index in [1.54, 1.807) is 11.8 Å². The Morgan fingerprint density at radius 1 is 1.14 bits per heavy atom. The van der Waals surface area contributed by atoms with Crippen molar-refractivity contribution in [2.75, 3.05) is 20.4 Å². The van der Waals surface area contributed by atoms with Crippen LogP contribution >= 0.6 is 11.8 Å². The Morgan fingerprint density at radius 3 is 2.43 bits per heavy atom. The SMILES string of the molecule is C=Cc1ccc(Oc2ccc(SC)cc2)c(CN(C)C)c1. The number of ether oxygens (including phenoxy) is 1. The second-order valence-electron chi connectivity index (χ2n) is 5.09. The average Bonchev–Trinajstić information content (AvgIpc) is 2.49. The van der Waals surface area contributed by atoms with Gasteiger partial charge < -0.3 is 9.64 Å². The van der Waals surface area contributed by atoms with Crippen LogP contribution in [0.25, 0.3) is 6.08 Å². The number of benzene rings is 2. The molecule has 2 rings (SSSR count). The summed E-state index contributed by atoms with van der Waals surface area (Å²) in [6, 6.07) is 14.3. The van der Waals surface area contributed by atoms with Crippen LogP contribution in [0.3, 0.4) is 0 Å². The van der Waals surface area contributed by atoms with E-state index >= 15 is 0 Å². The fourth-order valence-corrected chi connectivity index (χ4v) is 2.47. The Labute approximate surface area is 131 Å². The summed E-state index contributed by atoms with van der Waals surface area (Å²) in [5.74, 6) is 1.75. The first-order valence-corrected chi connectivity index (χ1v) is 8.07. The third-order valence-electron chi connectivity index (χ3n) is 3.09. The lowest BCUT2D eigenvalue weighted by atomic mass is 10.1. The smallest absolute Gasteiger partial charge is 0.131 e. The maximum Gasteiger partial charge on any atom is 0.131 e. The molecule has 2 aromatic carbocycles. The van der Waals surface area contributed by atoms with E-state index in [0.717, 1.165) is 29.2 Å². The molecule has 0 aliphatic carbocycles. The van der Waals surface area contributed by atoms with E-state index < -0.39 is 0 Å². The van der Waals surface area contributed by atoms with Crippen LogP contribution < -0.4 is 4.74 Å². The molecule has 0 atom stereocenters. The highest BCUT2D eigenvalue weighted by atomic mass is 32.2. The van der Waals surface area contributed by atoms with Crippen LogP contribution in [0.5, 0.6) is 11.5 Å². The van der Waals surface area contributed by atoms with Gasteiger partial charge in [0, 0.05) is 17.0 Å². The minimum absolute atomic E-state index is 0.833. The molecule has 0 saturated heterocycles. The van der Waals surface area contributed by atoms with E-state index in [9.17, 15) is 0 Å². The van der Waals surface area contributed by atoms with E-state index in [2.05, 4.69) is 50.0 Å². The van der Waals surface area contributed by atoms with Crippen molar-refractivity contribution < 1.29 is 4.74 Å². The summed E-state index contributed by atoms with van der Waals surface area (Å²) in [6.45, 7) is 4.66. The molecule has 2 nitrogen and oxygen atoms in total. The Hall–Kier alpha value is -1.71. The first kappa shape index (κ1) is 15.7. The zero-order chi connectivity index (χ0) is 15.2. The Bertz CT molecular complexity index is 605. The highest BCUT2D eigenvalue weighted by Crippen LogP contribution is 2.28. The highest BCUT2D eigenvalue weighted by Gasteiger charge is 2.07. The van der Waals surface area contributed by atoms with Crippen molar-refractivity contribution in [2.45, 2.75) is 11.4 Å². The summed E-state index contributed by atoms with van der Waals surface area (Å²) in [5.41, 5.74) is 2.27. The monoisotopic (exact) mass is 299 g/mol. The molecule has 0 radical (unpaired) electrons. The maximum absolute atomic E-state index is 6.04. The molecule has 0 unspecified atom stereocenters. The molecule has 21 heavy (non-hydrogen) atoms. The van der Waals surface area contributed by atoms with Crippen LogP contribution in [0.15, 0.2) is 53.9 Å². The van der Waals surface area contributed by atoms with Crippen LogP contribution in [0, 0.1) is 0 Å². The number of hydrogen-bond donors (Lipinski definition) is 0. The van der Waals surface area contributed by atoms with Gasteiger partial charge in [-0.1, -0.05) is 18.7 Å². The summed E-state index contributed by atoms with van der Waals surface area (Å²) < 4.78 is 6.04. The minimum atomic E-state index is 0.833. The summed E-state index contributed by atoms with van der Waals surface area (Å²) in [5, 5.41) is 0. The molecular weight excluding hydrogens is 278 g/mol. The molecule has 0 fully saturated rings. The average molecular weight is 299 g/mol. The van der Waals surface area contributed by atoms with Crippen LogP contribution in [-0.2, 0) is 6.54 Å². The van der Waals surface area contributed by atoms with Crippen molar-refractivity contribution in [1.82, 2.24) is 4.90 Å². The van der Waals surface area contributed by atoms with Gasteiger partial charge in [0.2, 0.25) is 0 Å². The fourth-order valence-electron chi connectivity index (χ4n) is 2.06. The van der Waals surface area contributed by atoms with Crippen molar-refractivity contribution in [3.8, 4) is 11.5 Å². The van der Waals surface area contributed by atoms with Crippen LogP contribution in [0.4, 0.5) is 0 Å². The van der Waals surface area contributed by atoms with Crippen molar-refractivity contribution in [3.05, 3.63) is 60.2 Å². The molecule has 0 aliphatic heterocycles. The molecule has 0 heterocycles. The predicted molar refractivity (Wildman–Crippen MR) is 92.2 cm³/mol. The van der Waals surface area contributed by atoms with Crippen LogP contribution in [0.1, 0.15) is 11.1 Å².